The summed E-state index contributed by atoms with van der Waals surface area (Å²) in [5.74, 6) is 0.700. The van der Waals surface area contributed by atoms with Crippen molar-refractivity contribution in [1.82, 2.24) is 5.32 Å². The van der Waals surface area contributed by atoms with E-state index >= 15 is 0 Å². The minimum absolute atomic E-state index is 0.700. The van der Waals surface area contributed by atoms with E-state index in [1.165, 1.54) is 24.1 Å². The van der Waals surface area contributed by atoms with E-state index in [4.69, 9.17) is 0 Å². The predicted octanol–water partition coefficient (Wildman–Crippen LogP) is 3.21. The van der Waals surface area contributed by atoms with Gasteiger partial charge in [-0.25, -0.2) is 0 Å². The van der Waals surface area contributed by atoms with Gasteiger partial charge < -0.3 is 10.2 Å². The van der Waals surface area contributed by atoms with Crippen LogP contribution in [0.3, 0.4) is 0 Å². The van der Waals surface area contributed by atoms with Gasteiger partial charge >= 0.3 is 0 Å². The van der Waals surface area contributed by atoms with Crippen molar-refractivity contribution in [3.8, 4) is 0 Å². The first-order valence-electron chi connectivity index (χ1n) is 7.24. The Morgan fingerprint density at radius 1 is 1.39 bits per heavy atom. The average Bonchev–Trinajstić information content (AvgIpc) is 3.17. The molecule has 2 nitrogen and oxygen atoms in total. The lowest BCUT2D eigenvalue weighted by Crippen LogP contribution is -2.34. The number of benzene rings is 1. The van der Waals surface area contributed by atoms with E-state index in [2.05, 4.69) is 55.3 Å². The lowest BCUT2D eigenvalue weighted by molar-refractivity contribution is 0.504. The smallest absolute Gasteiger partial charge is 0.0368 e. The molecular formula is C16H26N2. The Balaban J connectivity index is 1.87. The highest BCUT2D eigenvalue weighted by Crippen LogP contribution is 2.20. The number of hydrogen-bond donors (Lipinski definition) is 1. The molecule has 0 aromatic heterocycles. The maximum atomic E-state index is 3.62. The molecule has 100 valence electrons. The van der Waals surface area contributed by atoms with Gasteiger partial charge in [-0.1, -0.05) is 19.1 Å². The zero-order valence-corrected chi connectivity index (χ0v) is 11.9. The number of nitrogens with one attached hydrogen (secondary N) is 1. The standard InChI is InChI=1S/C16H26N2/c1-4-18(16-7-5-6-13(2)10-16)12-14(3)11-17-15-8-9-15/h5-7,10,14-15,17H,4,8-9,11-12H2,1-3H3. The topological polar surface area (TPSA) is 15.3 Å². The number of hydrogen-bond acceptors (Lipinski definition) is 2. The highest BCUT2D eigenvalue weighted by molar-refractivity contribution is 5.48. The highest BCUT2D eigenvalue weighted by Gasteiger charge is 2.21. The van der Waals surface area contributed by atoms with Crippen molar-refractivity contribution in [1.29, 1.82) is 0 Å². The van der Waals surface area contributed by atoms with Crippen molar-refractivity contribution in [2.45, 2.75) is 39.7 Å². The normalized spacial score (nSPS) is 16.6. The fourth-order valence-corrected chi connectivity index (χ4v) is 2.34. The molecule has 2 heteroatoms. The van der Waals surface area contributed by atoms with Gasteiger partial charge in [0.25, 0.3) is 0 Å². The van der Waals surface area contributed by atoms with E-state index in [1.807, 2.05) is 0 Å². The second-order valence-corrected chi connectivity index (χ2v) is 5.67. The summed E-state index contributed by atoms with van der Waals surface area (Å²) in [7, 11) is 0. The SMILES string of the molecule is CCN(CC(C)CNC1CC1)c1cccc(C)c1. The first-order valence-corrected chi connectivity index (χ1v) is 7.24. The quantitative estimate of drug-likeness (QED) is 0.795. The van der Waals surface area contributed by atoms with E-state index in [1.54, 1.807) is 0 Å². The minimum Gasteiger partial charge on any atom is -0.371 e. The monoisotopic (exact) mass is 246 g/mol. The maximum Gasteiger partial charge on any atom is 0.0368 e. The number of aryl methyl sites for hydroxylation is 1. The van der Waals surface area contributed by atoms with Crippen LogP contribution in [0.15, 0.2) is 24.3 Å². The van der Waals surface area contributed by atoms with E-state index in [0.717, 1.165) is 25.7 Å². The zero-order chi connectivity index (χ0) is 13.0. The number of anilines is 1. The molecular weight excluding hydrogens is 220 g/mol. The van der Waals surface area contributed by atoms with Crippen molar-refractivity contribution >= 4 is 5.69 Å². The van der Waals surface area contributed by atoms with Crippen LogP contribution in [0.4, 0.5) is 5.69 Å². The van der Waals surface area contributed by atoms with Crippen molar-refractivity contribution < 1.29 is 0 Å². The van der Waals surface area contributed by atoms with Gasteiger partial charge in [-0.3, -0.25) is 0 Å². The van der Waals surface area contributed by atoms with Gasteiger partial charge in [-0.15, -0.1) is 0 Å². The van der Waals surface area contributed by atoms with Crippen LogP contribution in [0.1, 0.15) is 32.3 Å². The Morgan fingerprint density at radius 2 is 2.17 bits per heavy atom. The summed E-state index contributed by atoms with van der Waals surface area (Å²) in [5, 5.41) is 3.62. The molecule has 0 bridgehead atoms. The van der Waals surface area contributed by atoms with Gasteiger partial charge in [0.05, 0.1) is 0 Å². The third-order valence-corrected chi connectivity index (χ3v) is 3.61. The Morgan fingerprint density at radius 3 is 2.78 bits per heavy atom. The molecule has 1 aliphatic carbocycles. The van der Waals surface area contributed by atoms with Gasteiger partial charge in [0.1, 0.15) is 0 Å². The van der Waals surface area contributed by atoms with E-state index in [0.29, 0.717) is 5.92 Å². The molecule has 1 saturated carbocycles. The molecule has 1 aromatic rings. The van der Waals surface area contributed by atoms with Crippen LogP contribution in [-0.4, -0.2) is 25.7 Å². The van der Waals surface area contributed by atoms with Crippen LogP contribution in [0.5, 0.6) is 0 Å². The molecule has 1 unspecified atom stereocenters. The summed E-state index contributed by atoms with van der Waals surface area (Å²) in [6.07, 6.45) is 2.75. The Hall–Kier alpha value is -1.02. The van der Waals surface area contributed by atoms with E-state index in [-0.39, 0.29) is 0 Å². The number of rotatable bonds is 7. The lowest BCUT2D eigenvalue weighted by Gasteiger charge is -2.27. The van der Waals surface area contributed by atoms with Crippen LogP contribution >= 0.6 is 0 Å². The van der Waals surface area contributed by atoms with Crippen LogP contribution in [0.2, 0.25) is 0 Å². The first kappa shape index (κ1) is 13.4. The fourth-order valence-electron chi connectivity index (χ4n) is 2.34. The summed E-state index contributed by atoms with van der Waals surface area (Å²) >= 11 is 0. The molecule has 0 saturated heterocycles. The molecule has 1 N–H and O–H groups in total. The summed E-state index contributed by atoms with van der Waals surface area (Å²) < 4.78 is 0. The third-order valence-electron chi connectivity index (χ3n) is 3.61. The van der Waals surface area contributed by atoms with E-state index < -0.39 is 0 Å². The van der Waals surface area contributed by atoms with Crippen LogP contribution in [0, 0.1) is 12.8 Å². The van der Waals surface area contributed by atoms with Crippen molar-refractivity contribution in [3.05, 3.63) is 29.8 Å². The highest BCUT2D eigenvalue weighted by atomic mass is 15.1. The molecule has 1 atom stereocenters. The Kier molecular flexibility index (Phi) is 4.65. The molecule has 0 spiro atoms. The summed E-state index contributed by atoms with van der Waals surface area (Å²) in [6, 6.07) is 9.64. The molecule has 2 rings (SSSR count). The van der Waals surface area contributed by atoms with Gasteiger partial charge in [0, 0.05) is 24.8 Å². The summed E-state index contributed by atoms with van der Waals surface area (Å²) in [6.45, 7) is 10.1. The Bertz CT molecular complexity index is 371. The third kappa shape index (κ3) is 4.02. The first-order chi connectivity index (χ1) is 8.69. The minimum atomic E-state index is 0.700. The molecule has 0 aliphatic heterocycles. The fraction of sp³-hybridized carbons (Fsp3) is 0.625. The molecule has 0 heterocycles. The predicted molar refractivity (Wildman–Crippen MR) is 79.3 cm³/mol. The second-order valence-electron chi connectivity index (χ2n) is 5.67. The van der Waals surface area contributed by atoms with Crippen LogP contribution in [-0.2, 0) is 0 Å². The van der Waals surface area contributed by atoms with Gasteiger partial charge in [-0.2, -0.15) is 0 Å². The lowest BCUT2D eigenvalue weighted by atomic mass is 10.1. The number of nitrogens with zero attached hydrogens (tertiary/aromatic N) is 1. The average molecular weight is 246 g/mol. The van der Waals surface area contributed by atoms with Crippen molar-refractivity contribution in [2.75, 3.05) is 24.5 Å². The zero-order valence-electron chi connectivity index (χ0n) is 11.9. The molecule has 1 aromatic carbocycles. The molecule has 0 radical (unpaired) electrons. The van der Waals surface area contributed by atoms with Crippen LogP contribution < -0.4 is 10.2 Å². The van der Waals surface area contributed by atoms with Crippen molar-refractivity contribution in [2.24, 2.45) is 5.92 Å². The maximum absolute atomic E-state index is 3.62. The largest absolute Gasteiger partial charge is 0.371 e. The summed E-state index contributed by atoms with van der Waals surface area (Å²) in [4.78, 5) is 2.48. The second kappa shape index (κ2) is 6.24. The van der Waals surface area contributed by atoms with Crippen LogP contribution in [0.25, 0.3) is 0 Å². The van der Waals surface area contributed by atoms with E-state index in [9.17, 15) is 0 Å². The molecule has 1 aliphatic rings. The van der Waals surface area contributed by atoms with Crippen molar-refractivity contribution in [3.63, 3.8) is 0 Å². The molecule has 0 amide bonds. The molecule has 18 heavy (non-hydrogen) atoms. The summed E-state index contributed by atoms with van der Waals surface area (Å²) in [5.41, 5.74) is 2.70. The van der Waals surface area contributed by atoms with Gasteiger partial charge in [0.15, 0.2) is 0 Å². The van der Waals surface area contributed by atoms with Gasteiger partial charge in [0.2, 0.25) is 0 Å². The Labute approximate surface area is 111 Å². The van der Waals surface area contributed by atoms with Gasteiger partial charge in [-0.05, 0) is 56.8 Å². The molecule has 1 fully saturated rings.